The average Bonchev–Trinajstić information content (AvgIpc) is 2.59. The first-order chi connectivity index (χ1) is 13.0. The van der Waals surface area contributed by atoms with E-state index in [-0.39, 0.29) is 23.4 Å². The number of aromatic carboxylic acids is 1. The van der Waals surface area contributed by atoms with Gasteiger partial charge in [0.2, 0.25) is 10.0 Å². The Morgan fingerprint density at radius 3 is 2.64 bits per heavy atom. The summed E-state index contributed by atoms with van der Waals surface area (Å²) in [5, 5.41) is 12.1. The van der Waals surface area contributed by atoms with Gasteiger partial charge in [-0.1, -0.05) is 6.07 Å². The summed E-state index contributed by atoms with van der Waals surface area (Å²) in [5.41, 5.74) is 1.38. The van der Waals surface area contributed by atoms with Gasteiger partial charge in [0.05, 0.1) is 10.5 Å². The highest BCUT2D eigenvalue weighted by Gasteiger charge is 2.32. The Morgan fingerprint density at radius 2 is 1.96 bits per heavy atom. The topological polar surface area (TPSA) is 105 Å². The van der Waals surface area contributed by atoms with Crippen LogP contribution >= 0.6 is 0 Å². The van der Waals surface area contributed by atoms with E-state index in [2.05, 4.69) is 14.8 Å². The van der Waals surface area contributed by atoms with Crippen LogP contribution in [0.3, 0.4) is 0 Å². The van der Waals surface area contributed by atoms with Crippen molar-refractivity contribution in [3.63, 3.8) is 0 Å². The van der Waals surface area contributed by atoms with E-state index in [9.17, 15) is 26.4 Å². The van der Waals surface area contributed by atoms with Crippen molar-refractivity contribution in [2.75, 3.05) is 11.9 Å². The lowest BCUT2D eigenvalue weighted by atomic mass is 9.98. The SMILES string of the molecule is O=C(O)c1ccc2c(c1)CC(NS(=O)(=O)c1cccc(OC(F)(F)F)c1)CN2. The third kappa shape index (κ3) is 4.73. The van der Waals surface area contributed by atoms with Gasteiger partial charge in [-0.2, -0.15) is 0 Å². The quantitative estimate of drug-likeness (QED) is 0.692. The molecule has 2 aromatic carbocycles. The fourth-order valence-corrected chi connectivity index (χ4v) is 4.12. The number of hydrogen-bond donors (Lipinski definition) is 3. The number of sulfonamides is 1. The molecule has 1 aliphatic rings. The van der Waals surface area contributed by atoms with E-state index in [4.69, 9.17) is 5.11 Å². The zero-order valence-corrected chi connectivity index (χ0v) is 15.0. The molecule has 3 N–H and O–H groups in total. The van der Waals surface area contributed by atoms with Gasteiger partial charge >= 0.3 is 12.3 Å². The third-order valence-electron chi connectivity index (χ3n) is 4.03. The molecule has 0 fully saturated rings. The number of anilines is 1. The highest BCUT2D eigenvalue weighted by molar-refractivity contribution is 7.89. The zero-order valence-electron chi connectivity index (χ0n) is 14.2. The summed E-state index contributed by atoms with van der Waals surface area (Å²) in [7, 11) is -4.12. The molecule has 1 unspecified atom stereocenters. The van der Waals surface area contributed by atoms with E-state index in [0.717, 1.165) is 24.3 Å². The average molecular weight is 416 g/mol. The molecule has 11 heteroatoms. The molecule has 7 nitrogen and oxygen atoms in total. The van der Waals surface area contributed by atoms with E-state index in [1.807, 2.05) is 0 Å². The van der Waals surface area contributed by atoms with Gasteiger partial charge in [-0.3, -0.25) is 0 Å². The van der Waals surface area contributed by atoms with Crippen LogP contribution in [-0.2, 0) is 16.4 Å². The second-order valence-electron chi connectivity index (χ2n) is 6.10. The number of fused-ring (bicyclic) bond motifs is 1. The minimum atomic E-state index is -4.94. The van der Waals surface area contributed by atoms with E-state index in [0.29, 0.717) is 11.3 Å². The fourth-order valence-electron chi connectivity index (χ4n) is 2.85. The second-order valence-corrected chi connectivity index (χ2v) is 7.82. The highest BCUT2D eigenvalue weighted by atomic mass is 32.2. The number of hydrogen-bond acceptors (Lipinski definition) is 5. The Labute approximate surface area is 158 Å². The van der Waals surface area contributed by atoms with Crippen LogP contribution in [0.25, 0.3) is 0 Å². The summed E-state index contributed by atoms with van der Waals surface area (Å²) in [5.74, 6) is -1.75. The highest BCUT2D eigenvalue weighted by Crippen LogP contribution is 2.26. The molecule has 3 rings (SSSR count). The van der Waals surface area contributed by atoms with Crippen molar-refractivity contribution in [3.05, 3.63) is 53.6 Å². The van der Waals surface area contributed by atoms with Crippen LogP contribution in [0, 0.1) is 0 Å². The standard InChI is InChI=1S/C17H15F3N2O5S/c18-17(19,20)27-13-2-1-3-14(8-13)28(25,26)22-12-7-11-6-10(16(23)24)4-5-15(11)21-9-12/h1-6,8,12,21-22H,7,9H2,(H,23,24). The zero-order chi connectivity index (χ0) is 20.5. The molecule has 0 radical (unpaired) electrons. The van der Waals surface area contributed by atoms with Gasteiger partial charge in [0.25, 0.3) is 0 Å². The second kappa shape index (κ2) is 7.32. The van der Waals surface area contributed by atoms with Crippen molar-refractivity contribution < 1.29 is 36.2 Å². The van der Waals surface area contributed by atoms with E-state index in [1.165, 1.54) is 12.1 Å². The predicted molar refractivity (Wildman–Crippen MR) is 92.8 cm³/mol. The van der Waals surface area contributed by atoms with Gasteiger partial charge in [0.1, 0.15) is 5.75 Å². The summed E-state index contributed by atoms with van der Waals surface area (Å²) in [6, 6.07) is 7.94. The Morgan fingerprint density at radius 1 is 1.21 bits per heavy atom. The number of nitrogens with one attached hydrogen (secondary N) is 2. The predicted octanol–water partition coefficient (Wildman–Crippen LogP) is 2.60. The maximum Gasteiger partial charge on any atom is 0.573 e. The summed E-state index contributed by atoms with van der Waals surface area (Å²) in [6.07, 6.45) is -4.71. The molecule has 0 aliphatic carbocycles. The minimum Gasteiger partial charge on any atom is -0.478 e. The summed E-state index contributed by atoms with van der Waals surface area (Å²) < 4.78 is 68.2. The molecule has 0 saturated heterocycles. The normalized spacial score (nSPS) is 16.8. The Bertz CT molecular complexity index is 1010. The first-order valence-electron chi connectivity index (χ1n) is 8.02. The summed E-state index contributed by atoms with van der Waals surface area (Å²) >= 11 is 0. The number of carboxylic acid groups (broad SMARTS) is 1. The van der Waals surface area contributed by atoms with Crippen molar-refractivity contribution >= 4 is 21.7 Å². The number of alkyl halides is 3. The molecule has 1 heterocycles. The molecule has 0 aromatic heterocycles. The maximum atomic E-state index is 12.5. The number of benzene rings is 2. The van der Waals surface area contributed by atoms with Gasteiger partial charge in [-0.15, -0.1) is 13.2 Å². The number of carboxylic acids is 1. The van der Waals surface area contributed by atoms with Gasteiger partial charge < -0.3 is 15.2 Å². The lowest BCUT2D eigenvalue weighted by Gasteiger charge is -2.27. The molecule has 0 bridgehead atoms. The molecule has 1 aliphatic heterocycles. The van der Waals surface area contributed by atoms with Crippen LogP contribution in [0.5, 0.6) is 5.75 Å². The lowest BCUT2D eigenvalue weighted by molar-refractivity contribution is -0.274. The fraction of sp³-hybridized carbons (Fsp3) is 0.235. The van der Waals surface area contributed by atoms with Crippen molar-refractivity contribution in [2.24, 2.45) is 0 Å². The van der Waals surface area contributed by atoms with Crippen molar-refractivity contribution in [1.29, 1.82) is 0 Å². The van der Waals surface area contributed by atoms with Crippen LogP contribution in [-0.4, -0.2) is 38.4 Å². The molecule has 0 amide bonds. The molecule has 28 heavy (non-hydrogen) atoms. The minimum absolute atomic E-state index is 0.0704. The van der Waals surface area contributed by atoms with Crippen LogP contribution in [0.1, 0.15) is 15.9 Å². The van der Waals surface area contributed by atoms with Crippen molar-refractivity contribution in [3.8, 4) is 5.75 Å². The molecular weight excluding hydrogens is 401 g/mol. The Kier molecular flexibility index (Phi) is 5.22. The third-order valence-corrected chi connectivity index (χ3v) is 5.55. The first kappa shape index (κ1) is 20.0. The maximum absolute atomic E-state index is 12.5. The van der Waals surface area contributed by atoms with Crippen LogP contribution in [0.2, 0.25) is 0 Å². The van der Waals surface area contributed by atoms with Crippen molar-refractivity contribution in [2.45, 2.75) is 23.7 Å². The Balaban J connectivity index is 1.77. The van der Waals surface area contributed by atoms with Gasteiger partial charge in [-0.25, -0.2) is 17.9 Å². The molecular formula is C17H15F3N2O5S. The van der Waals surface area contributed by atoms with Gasteiger partial charge in [-0.05, 0) is 42.3 Å². The molecule has 0 saturated carbocycles. The van der Waals surface area contributed by atoms with Crippen molar-refractivity contribution in [1.82, 2.24) is 4.72 Å². The Hall–Kier alpha value is -2.79. The number of ether oxygens (including phenoxy) is 1. The smallest absolute Gasteiger partial charge is 0.478 e. The molecule has 0 spiro atoms. The van der Waals surface area contributed by atoms with E-state index >= 15 is 0 Å². The molecule has 2 aromatic rings. The number of carbonyl (C=O) groups is 1. The summed E-state index contributed by atoms with van der Waals surface area (Å²) in [6.45, 7) is 0.234. The lowest BCUT2D eigenvalue weighted by Crippen LogP contribution is -2.43. The summed E-state index contributed by atoms with van der Waals surface area (Å²) in [4.78, 5) is 10.7. The largest absolute Gasteiger partial charge is 0.573 e. The van der Waals surface area contributed by atoms with Gasteiger partial charge in [0.15, 0.2) is 0 Å². The number of rotatable bonds is 5. The molecule has 150 valence electrons. The van der Waals surface area contributed by atoms with Gasteiger partial charge in [0, 0.05) is 24.3 Å². The van der Waals surface area contributed by atoms with E-state index < -0.39 is 34.1 Å². The molecule has 1 atom stereocenters. The van der Waals surface area contributed by atoms with Crippen LogP contribution in [0.4, 0.5) is 18.9 Å². The monoisotopic (exact) mass is 416 g/mol. The van der Waals surface area contributed by atoms with Crippen LogP contribution < -0.4 is 14.8 Å². The first-order valence-corrected chi connectivity index (χ1v) is 9.50. The van der Waals surface area contributed by atoms with Crippen LogP contribution in [0.15, 0.2) is 47.4 Å². The number of halogens is 3. The van der Waals surface area contributed by atoms with E-state index in [1.54, 1.807) is 6.07 Å².